The Balaban J connectivity index is 1.98. The molecule has 1 aromatic carbocycles. The Bertz CT molecular complexity index is 1070. The highest BCUT2D eigenvalue weighted by atomic mass is 19.2. The number of carbonyl (C=O) groups is 1. The highest BCUT2D eigenvalue weighted by Gasteiger charge is 2.26. The van der Waals surface area contributed by atoms with E-state index >= 15 is 0 Å². The zero-order valence-electron chi connectivity index (χ0n) is 14.2. The predicted octanol–water partition coefficient (Wildman–Crippen LogP) is 3.04. The molecule has 11 heteroatoms. The first kappa shape index (κ1) is 18.5. The fourth-order valence-electron chi connectivity index (χ4n) is 2.65. The Labute approximate surface area is 149 Å². The molecule has 0 aliphatic carbocycles. The van der Waals surface area contributed by atoms with E-state index in [1.54, 1.807) is 26.3 Å². The Morgan fingerprint density at radius 2 is 1.56 bits per heavy atom. The number of nitrogens with one attached hydrogen (secondary N) is 2. The van der Waals surface area contributed by atoms with E-state index in [1.807, 2.05) is 5.43 Å². The summed E-state index contributed by atoms with van der Waals surface area (Å²) in [6.45, 7) is 3.25. The van der Waals surface area contributed by atoms with Gasteiger partial charge in [0, 0.05) is 12.7 Å². The number of anilines is 1. The van der Waals surface area contributed by atoms with Crippen LogP contribution in [0.4, 0.5) is 27.6 Å². The zero-order chi connectivity index (χ0) is 20.0. The molecule has 1 amide bonds. The smallest absolute Gasteiger partial charge is 0.270 e. The second-order valence-corrected chi connectivity index (χ2v) is 5.74. The topological polar surface area (TPSA) is 71.8 Å². The second kappa shape index (κ2) is 6.49. The van der Waals surface area contributed by atoms with E-state index in [4.69, 9.17) is 0 Å². The van der Waals surface area contributed by atoms with Gasteiger partial charge in [0.2, 0.25) is 5.82 Å². The van der Waals surface area contributed by atoms with Gasteiger partial charge in [-0.3, -0.25) is 20.3 Å². The van der Waals surface area contributed by atoms with Crippen molar-refractivity contribution in [2.75, 3.05) is 5.43 Å². The van der Waals surface area contributed by atoms with E-state index < -0.39 is 40.7 Å². The third-order valence-corrected chi connectivity index (χ3v) is 3.85. The first-order valence-electron chi connectivity index (χ1n) is 7.52. The number of carbonyl (C=O) groups excluding carboxylic acids is 1. The first-order valence-corrected chi connectivity index (χ1v) is 7.52. The van der Waals surface area contributed by atoms with E-state index in [0.717, 1.165) is 0 Å². The average Bonchev–Trinajstić information content (AvgIpc) is 2.91. The molecule has 6 nitrogen and oxygen atoms in total. The van der Waals surface area contributed by atoms with Gasteiger partial charge in [0.1, 0.15) is 5.69 Å². The van der Waals surface area contributed by atoms with Gasteiger partial charge in [-0.2, -0.15) is 5.10 Å². The van der Waals surface area contributed by atoms with Crippen molar-refractivity contribution in [3.8, 4) is 0 Å². The Morgan fingerprint density at radius 1 is 1.00 bits per heavy atom. The van der Waals surface area contributed by atoms with Gasteiger partial charge in [0.15, 0.2) is 28.9 Å². The van der Waals surface area contributed by atoms with Crippen molar-refractivity contribution < 1.29 is 26.7 Å². The van der Waals surface area contributed by atoms with Gasteiger partial charge in [-0.25, -0.2) is 26.9 Å². The van der Waals surface area contributed by atoms with Gasteiger partial charge in [-0.15, -0.1) is 0 Å². The number of hydrogen-bond donors (Lipinski definition) is 2. The molecule has 0 saturated carbocycles. The van der Waals surface area contributed by atoms with Gasteiger partial charge in [-0.1, -0.05) is 0 Å². The van der Waals surface area contributed by atoms with Gasteiger partial charge < -0.3 is 0 Å². The van der Waals surface area contributed by atoms with Crippen molar-refractivity contribution >= 4 is 22.6 Å². The van der Waals surface area contributed by atoms with Crippen LogP contribution in [0.3, 0.4) is 0 Å². The average molecular weight is 385 g/mol. The van der Waals surface area contributed by atoms with Crippen LogP contribution in [-0.2, 0) is 7.05 Å². The summed E-state index contributed by atoms with van der Waals surface area (Å²) in [5, 5.41) is 4.54. The van der Waals surface area contributed by atoms with Crippen LogP contribution in [0.2, 0.25) is 0 Å². The molecule has 2 heterocycles. The molecule has 27 heavy (non-hydrogen) atoms. The van der Waals surface area contributed by atoms with E-state index in [-0.39, 0.29) is 5.56 Å². The molecule has 142 valence electrons. The zero-order valence-corrected chi connectivity index (χ0v) is 14.2. The molecule has 0 aliphatic rings. The number of aromatic nitrogens is 3. The van der Waals surface area contributed by atoms with E-state index in [2.05, 4.69) is 10.1 Å². The predicted molar refractivity (Wildman–Crippen MR) is 85.3 cm³/mol. The molecule has 0 spiro atoms. The minimum absolute atomic E-state index is 0.0690. The molecule has 2 aromatic heterocycles. The van der Waals surface area contributed by atoms with E-state index in [0.29, 0.717) is 22.4 Å². The van der Waals surface area contributed by atoms with Crippen LogP contribution in [0.5, 0.6) is 0 Å². The summed E-state index contributed by atoms with van der Waals surface area (Å²) in [6, 6.07) is 1.41. The standard InChI is InChI=1S/C16H12F5N5O/c1-5-4-7(8-6(2)25-26(3)15(8)22-5)16(27)24-23-14-12(20)10(18)9(17)11(19)13(14)21/h4,23H,1-3H3,(H,24,27). The molecule has 3 aromatic rings. The van der Waals surface area contributed by atoms with Crippen LogP contribution >= 0.6 is 0 Å². The van der Waals surface area contributed by atoms with Gasteiger partial charge in [-0.05, 0) is 19.9 Å². The molecule has 2 N–H and O–H groups in total. The summed E-state index contributed by atoms with van der Waals surface area (Å²) in [4.78, 5) is 16.7. The Kier molecular flexibility index (Phi) is 4.46. The minimum Gasteiger partial charge on any atom is -0.293 e. The summed E-state index contributed by atoms with van der Waals surface area (Å²) in [5.74, 6) is -11.6. The number of pyridine rings is 1. The third-order valence-electron chi connectivity index (χ3n) is 3.85. The third kappa shape index (κ3) is 2.94. The highest BCUT2D eigenvalue weighted by molar-refractivity contribution is 6.06. The monoisotopic (exact) mass is 385 g/mol. The molecule has 0 unspecified atom stereocenters. The van der Waals surface area contributed by atoms with Crippen molar-refractivity contribution in [3.63, 3.8) is 0 Å². The number of halogens is 5. The number of amides is 1. The fourth-order valence-corrected chi connectivity index (χ4v) is 2.65. The maximum Gasteiger partial charge on any atom is 0.270 e. The normalized spacial score (nSPS) is 11.1. The number of hydrazine groups is 1. The number of nitrogens with zero attached hydrogens (tertiary/aromatic N) is 3. The van der Waals surface area contributed by atoms with E-state index in [9.17, 15) is 26.7 Å². The number of benzene rings is 1. The van der Waals surface area contributed by atoms with Gasteiger partial charge in [0.25, 0.3) is 5.91 Å². The second-order valence-electron chi connectivity index (χ2n) is 5.74. The summed E-state index contributed by atoms with van der Waals surface area (Å²) in [6.07, 6.45) is 0. The van der Waals surface area contributed by atoms with Crippen LogP contribution in [-0.4, -0.2) is 20.7 Å². The summed E-state index contributed by atoms with van der Waals surface area (Å²) >= 11 is 0. The van der Waals surface area contributed by atoms with Crippen LogP contribution in [0, 0.1) is 42.9 Å². The lowest BCUT2D eigenvalue weighted by Crippen LogP contribution is -2.31. The van der Waals surface area contributed by atoms with Crippen LogP contribution in [0.15, 0.2) is 6.07 Å². The van der Waals surface area contributed by atoms with Crippen LogP contribution in [0.25, 0.3) is 11.0 Å². The van der Waals surface area contributed by atoms with Gasteiger partial charge >= 0.3 is 0 Å². The van der Waals surface area contributed by atoms with Crippen molar-refractivity contribution in [2.45, 2.75) is 13.8 Å². The molecule has 0 saturated heterocycles. The number of hydrogen-bond acceptors (Lipinski definition) is 4. The molecule has 0 aliphatic heterocycles. The van der Waals surface area contributed by atoms with Crippen molar-refractivity contribution in [3.05, 3.63) is 52.1 Å². The molecule has 0 fully saturated rings. The first-order chi connectivity index (χ1) is 12.6. The van der Waals surface area contributed by atoms with Crippen molar-refractivity contribution in [1.82, 2.24) is 20.2 Å². The lowest BCUT2D eigenvalue weighted by atomic mass is 10.1. The largest absolute Gasteiger partial charge is 0.293 e. The lowest BCUT2D eigenvalue weighted by molar-refractivity contribution is 0.0963. The fraction of sp³-hybridized carbons (Fsp3) is 0.188. The molecular formula is C16H12F5N5O. The summed E-state index contributed by atoms with van der Waals surface area (Å²) in [5.41, 5.74) is 3.73. The van der Waals surface area contributed by atoms with Crippen molar-refractivity contribution in [1.29, 1.82) is 0 Å². The van der Waals surface area contributed by atoms with Crippen molar-refractivity contribution in [2.24, 2.45) is 7.05 Å². The van der Waals surface area contributed by atoms with Gasteiger partial charge in [0.05, 0.1) is 16.6 Å². The highest BCUT2D eigenvalue weighted by Crippen LogP contribution is 2.27. The Morgan fingerprint density at radius 3 is 2.15 bits per heavy atom. The summed E-state index contributed by atoms with van der Waals surface area (Å²) < 4.78 is 68.4. The number of fused-ring (bicyclic) bond motifs is 1. The number of aryl methyl sites for hydroxylation is 3. The SMILES string of the molecule is Cc1cc(C(=O)NNc2c(F)c(F)c(F)c(F)c2F)c2c(C)nn(C)c2n1. The van der Waals surface area contributed by atoms with Crippen LogP contribution < -0.4 is 10.9 Å². The summed E-state index contributed by atoms with van der Waals surface area (Å²) in [7, 11) is 1.62. The van der Waals surface area contributed by atoms with E-state index in [1.165, 1.54) is 10.7 Å². The molecule has 0 atom stereocenters. The quantitative estimate of drug-likeness (QED) is 0.315. The molecular weight excluding hydrogens is 373 g/mol. The Hall–Kier alpha value is -3.24. The molecule has 0 bridgehead atoms. The van der Waals surface area contributed by atoms with Crippen LogP contribution in [0.1, 0.15) is 21.7 Å². The number of rotatable bonds is 3. The molecule has 0 radical (unpaired) electrons. The maximum atomic E-state index is 13.7. The maximum absolute atomic E-state index is 13.7. The lowest BCUT2D eigenvalue weighted by Gasteiger charge is -2.12. The minimum atomic E-state index is -2.29. The molecule has 3 rings (SSSR count).